The third-order valence-corrected chi connectivity index (χ3v) is 3.78. The maximum Gasteiger partial charge on any atom is 0.311 e. The smallest absolute Gasteiger partial charge is 0.311 e. The highest BCUT2D eigenvalue weighted by Gasteiger charge is 2.48. The van der Waals surface area contributed by atoms with E-state index < -0.39 is 11.4 Å². The topological polar surface area (TPSA) is 83.6 Å². The van der Waals surface area contributed by atoms with Gasteiger partial charge in [0.15, 0.2) is 0 Å². The zero-order valence-electron chi connectivity index (χ0n) is 10.6. The van der Waals surface area contributed by atoms with Crippen LogP contribution in [0.4, 0.5) is 0 Å². The van der Waals surface area contributed by atoms with E-state index in [0.717, 1.165) is 0 Å². The summed E-state index contributed by atoms with van der Waals surface area (Å²) >= 11 is 0. The van der Waals surface area contributed by atoms with Gasteiger partial charge in [0.2, 0.25) is 5.91 Å². The number of nitrogens with zero attached hydrogens (tertiary/aromatic N) is 1. The van der Waals surface area contributed by atoms with Crippen molar-refractivity contribution >= 4 is 11.9 Å². The van der Waals surface area contributed by atoms with Crippen LogP contribution < -0.4 is 5.73 Å². The normalized spacial score (nSPS) is 24.4. The van der Waals surface area contributed by atoms with E-state index in [1.807, 2.05) is 13.8 Å². The summed E-state index contributed by atoms with van der Waals surface area (Å²) in [6, 6.07) is 0. The molecule has 0 spiro atoms. The van der Waals surface area contributed by atoms with Crippen molar-refractivity contribution in [3.8, 4) is 0 Å². The first-order valence-electron chi connectivity index (χ1n) is 6.15. The van der Waals surface area contributed by atoms with Crippen molar-refractivity contribution in [1.29, 1.82) is 0 Å². The minimum atomic E-state index is -0.790. The molecule has 0 aliphatic carbocycles. The van der Waals surface area contributed by atoms with E-state index in [-0.39, 0.29) is 11.8 Å². The molecule has 0 aromatic carbocycles. The van der Waals surface area contributed by atoms with Gasteiger partial charge >= 0.3 is 5.97 Å². The molecule has 1 fully saturated rings. The van der Waals surface area contributed by atoms with E-state index in [1.165, 1.54) is 0 Å². The van der Waals surface area contributed by atoms with Gasteiger partial charge in [0.25, 0.3) is 0 Å². The molecule has 0 radical (unpaired) electrons. The molecule has 98 valence electrons. The van der Waals surface area contributed by atoms with Crippen LogP contribution >= 0.6 is 0 Å². The van der Waals surface area contributed by atoms with E-state index in [2.05, 4.69) is 0 Å². The molecule has 0 aromatic rings. The quantitative estimate of drug-likeness (QED) is 0.742. The number of amides is 1. The summed E-state index contributed by atoms with van der Waals surface area (Å²) in [6.07, 6.45) is 1.63. The van der Waals surface area contributed by atoms with Gasteiger partial charge in [-0.05, 0) is 25.3 Å². The van der Waals surface area contributed by atoms with E-state index in [4.69, 9.17) is 5.73 Å². The molecule has 3 N–H and O–H groups in total. The van der Waals surface area contributed by atoms with Crippen LogP contribution in [0.2, 0.25) is 0 Å². The number of hydrogen-bond donors (Lipinski definition) is 2. The summed E-state index contributed by atoms with van der Waals surface area (Å²) in [5.41, 5.74) is 4.59. The van der Waals surface area contributed by atoms with Gasteiger partial charge in [-0.3, -0.25) is 9.59 Å². The number of nitrogens with two attached hydrogens (primary N) is 1. The lowest BCUT2D eigenvalue weighted by Gasteiger charge is -2.28. The second-order valence-electron chi connectivity index (χ2n) is 5.07. The number of rotatable bonds is 5. The Hall–Kier alpha value is -1.10. The number of carboxylic acids is 1. The van der Waals surface area contributed by atoms with Gasteiger partial charge in [-0.1, -0.05) is 13.8 Å². The van der Waals surface area contributed by atoms with Crippen LogP contribution in [0.25, 0.3) is 0 Å². The Morgan fingerprint density at radius 3 is 2.53 bits per heavy atom. The molecule has 1 heterocycles. The fourth-order valence-electron chi connectivity index (χ4n) is 2.35. The van der Waals surface area contributed by atoms with Gasteiger partial charge in [0.05, 0.1) is 5.41 Å². The molecular weight excluding hydrogens is 220 g/mol. The Bertz CT molecular complexity index is 304. The second kappa shape index (κ2) is 5.49. The van der Waals surface area contributed by atoms with Crippen molar-refractivity contribution in [1.82, 2.24) is 4.90 Å². The van der Waals surface area contributed by atoms with Gasteiger partial charge in [-0.2, -0.15) is 0 Å². The maximum absolute atomic E-state index is 11.8. The molecule has 5 nitrogen and oxygen atoms in total. The highest BCUT2D eigenvalue weighted by atomic mass is 16.4. The van der Waals surface area contributed by atoms with Crippen LogP contribution in [-0.2, 0) is 9.59 Å². The first kappa shape index (κ1) is 14.0. The SMILES string of the molecule is CC(C)C1(C(=O)O)CCN(C(=O)CCCN)C1. The summed E-state index contributed by atoms with van der Waals surface area (Å²) in [7, 11) is 0. The summed E-state index contributed by atoms with van der Waals surface area (Å²) in [5, 5.41) is 9.35. The van der Waals surface area contributed by atoms with E-state index in [0.29, 0.717) is 38.9 Å². The fraction of sp³-hybridized carbons (Fsp3) is 0.833. The number of hydrogen-bond acceptors (Lipinski definition) is 3. The molecule has 1 unspecified atom stereocenters. The molecule has 1 saturated heterocycles. The fourth-order valence-corrected chi connectivity index (χ4v) is 2.35. The number of aliphatic carboxylic acids is 1. The Morgan fingerprint density at radius 2 is 2.12 bits per heavy atom. The predicted molar refractivity (Wildman–Crippen MR) is 64.4 cm³/mol. The lowest BCUT2D eigenvalue weighted by molar-refractivity contribution is -0.151. The van der Waals surface area contributed by atoms with E-state index in [9.17, 15) is 14.7 Å². The molecule has 1 aliphatic rings. The Kier molecular flexibility index (Phi) is 4.51. The summed E-state index contributed by atoms with van der Waals surface area (Å²) < 4.78 is 0. The lowest BCUT2D eigenvalue weighted by Crippen LogP contribution is -2.40. The average Bonchev–Trinajstić information content (AvgIpc) is 2.72. The van der Waals surface area contributed by atoms with Crippen LogP contribution in [0, 0.1) is 11.3 Å². The van der Waals surface area contributed by atoms with Gasteiger partial charge < -0.3 is 15.7 Å². The molecule has 1 aliphatic heterocycles. The van der Waals surface area contributed by atoms with Gasteiger partial charge in [0.1, 0.15) is 0 Å². The average molecular weight is 242 g/mol. The minimum Gasteiger partial charge on any atom is -0.481 e. The van der Waals surface area contributed by atoms with Crippen LogP contribution in [0.15, 0.2) is 0 Å². The largest absolute Gasteiger partial charge is 0.481 e. The Morgan fingerprint density at radius 1 is 1.47 bits per heavy atom. The highest BCUT2D eigenvalue weighted by Crippen LogP contribution is 2.38. The van der Waals surface area contributed by atoms with Crippen molar-refractivity contribution in [2.45, 2.75) is 33.1 Å². The van der Waals surface area contributed by atoms with Crippen molar-refractivity contribution in [3.63, 3.8) is 0 Å². The molecule has 5 heteroatoms. The molecule has 0 aromatic heterocycles. The molecule has 1 amide bonds. The first-order valence-corrected chi connectivity index (χ1v) is 6.15. The Balaban J connectivity index is 2.67. The second-order valence-corrected chi connectivity index (χ2v) is 5.07. The molecule has 1 rings (SSSR count). The van der Waals surface area contributed by atoms with Crippen LogP contribution in [0.1, 0.15) is 33.1 Å². The predicted octanol–water partition coefficient (Wildman–Crippen LogP) is 0.685. The minimum absolute atomic E-state index is 0.0271. The highest BCUT2D eigenvalue weighted by molar-refractivity contribution is 5.80. The summed E-state index contributed by atoms with van der Waals surface area (Å²) in [5.74, 6) is -0.729. The van der Waals surface area contributed by atoms with Crippen molar-refractivity contribution in [3.05, 3.63) is 0 Å². The van der Waals surface area contributed by atoms with E-state index in [1.54, 1.807) is 4.90 Å². The molecule has 0 bridgehead atoms. The summed E-state index contributed by atoms with van der Waals surface area (Å²) in [6.45, 7) is 5.19. The first-order chi connectivity index (χ1) is 7.94. The Labute approximate surface area is 102 Å². The molecular formula is C12H22N2O3. The number of likely N-dealkylation sites (tertiary alicyclic amines) is 1. The molecule has 17 heavy (non-hydrogen) atoms. The van der Waals surface area contributed by atoms with Gasteiger partial charge in [0, 0.05) is 19.5 Å². The van der Waals surface area contributed by atoms with Crippen LogP contribution in [-0.4, -0.2) is 41.5 Å². The van der Waals surface area contributed by atoms with Gasteiger partial charge in [-0.15, -0.1) is 0 Å². The van der Waals surface area contributed by atoms with Crippen molar-refractivity contribution in [2.24, 2.45) is 17.1 Å². The molecule has 0 saturated carbocycles. The van der Waals surface area contributed by atoms with E-state index >= 15 is 0 Å². The third-order valence-electron chi connectivity index (χ3n) is 3.78. The number of carboxylic acid groups (broad SMARTS) is 1. The van der Waals surface area contributed by atoms with Crippen molar-refractivity contribution in [2.75, 3.05) is 19.6 Å². The summed E-state index contributed by atoms with van der Waals surface area (Å²) in [4.78, 5) is 24.9. The monoisotopic (exact) mass is 242 g/mol. The zero-order valence-corrected chi connectivity index (χ0v) is 10.6. The van der Waals surface area contributed by atoms with Crippen LogP contribution in [0.5, 0.6) is 0 Å². The van der Waals surface area contributed by atoms with Gasteiger partial charge in [-0.25, -0.2) is 0 Å². The molecule has 1 atom stereocenters. The number of carbonyl (C=O) groups excluding carboxylic acids is 1. The number of carbonyl (C=O) groups is 2. The third kappa shape index (κ3) is 2.77. The van der Waals surface area contributed by atoms with Crippen LogP contribution in [0.3, 0.4) is 0 Å². The standard InChI is InChI=1S/C12H22N2O3/c1-9(2)12(11(16)17)5-7-14(8-12)10(15)4-3-6-13/h9H,3-8,13H2,1-2H3,(H,16,17). The van der Waals surface area contributed by atoms with Crippen molar-refractivity contribution < 1.29 is 14.7 Å². The lowest BCUT2D eigenvalue weighted by atomic mass is 9.76. The zero-order chi connectivity index (χ0) is 13.1. The maximum atomic E-state index is 11.8.